The number of amides is 1. The molecule has 0 unspecified atom stereocenters. The van der Waals surface area contributed by atoms with Crippen LogP contribution in [0.5, 0.6) is 0 Å². The molecule has 1 saturated heterocycles. The summed E-state index contributed by atoms with van der Waals surface area (Å²) < 4.78 is 123. The molecular formula is C24H23F7N2O4S. The van der Waals surface area contributed by atoms with Crippen LogP contribution in [0.25, 0.3) is 11.1 Å². The van der Waals surface area contributed by atoms with E-state index in [2.05, 4.69) is 0 Å². The van der Waals surface area contributed by atoms with Crippen molar-refractivity contribution in [2.75, 3.05) is 6.54 Å². The van der Waals surface area contributed by atoms with E-state index in [-0.39, 0.29) is 36.1 Å². The summed E-state index contributed by atoms with van der Waals surface area (Å²) in [7, 11) is -5.22. The van der Waals surface area contributed by atoms with Crippen LogP contribution in [0.15, 0.2) is 36.4 Å². The highest BCUT2D eigenvalue weighted by Crippen LogP contribution is 2.56. The zero-order valence-corrected chi connectivity index (χ0v) is 20.6. The molecule has 38 heavy (non-hydrogen) atoms. The maximum Gasteiger partial charge on any atom is 0.350 e. The summed E-state index contributed by atoms with van der Waals surface area (Å²) in [6.07, 6.45) is -3.57. The molecule has 2 N–H and O–H groups in total. The quantitative estimate of drug-likeness (QED) is 0.474. The van der Waals surface area contributed by atoms with Crippen molar-refractivity contribution >= 4 is 15.9 Å². The molecule has 1 aliphatic carbocycles. The van der Waals surface area contributed by atoms with Gasteiger partial charge >= 0.3 is 5.76 Å². The maximum atomic E-state index is 15.6. The van der Waals surface area contributed by atoms with Crippen molar-refractivity contribution in [2.24, 2.45) is 5.41 Å². The fourth-order valence-electron chi connectivity index (χ4n) is 4.93. The average molecular weight is 569 g/mol. The van der Waals surface area contributed by atoms with E-state index < -0.39 is 75.1 Å². The van der Waals surface area contributed by atoms with Gasteiger partial charge < -0.3 is 10.0 Å². The Kier molecular flexibility index (Phi) is 7.29. The van der Waals surface area contributed by atoms with Crippen LogP contribution in [0.2, 0.25) is 0 Å². The fourth-order valence-corrected chi connectivity index (χ4v) is 5.80. The number of likely N-dealkylation sites (tertiary alicyclic amines) is 1. The molecule has 2 aromatic carbocycles. The van der Waals surface area contributed by atoms with Crippen molar-refractivity contribution in [3.05, 3.63) is 59.4 Å². The zero-order chi connectivity index (χ0) is 28.2. The Morgan fingerprint density at radius 2 is 1.74 bits per heavy atom. The third-order valence-corrected chi connectivity index (χ3v) is 8.20. The van der Waals surface area contributed by atoms with Gasteiger partial charge in [0.2, 0.25) is 5.60 Å². The molecule has 1 saturated carbocycles. The van der Waals surface area contributed by atoms with Gasteiger partial charge in [0, 0.05) is 29.6 Å². The van der Waals surface area contributed by atoms with Gasteiger partial charge in [-0.15, -0.1) is 0 Å². The Morgan fingerprint density at radius 1 is 1.13 bits per heavy atom. The average Bonchev–Trinajstić information content (AvgIpc) is 3.54. The number of benzene rings is 2. The van der Waals surface area contributed by atoms with Crippen LogP contribution in [0.4, 0.5) is 30.7 Å². The Hall–Kier alpha value is -2.71. The van der Waals surface area contributed by atoms with Crippen LogP contribution >= 0.6 is 0 Å². The Labute approximate surface area is 213 Å². The van der Waals surface area contributed by atoms with Gasteiger partial charge in [0.1, 0.15) is 17.5 Å². The van der Waals surface area contributed by atoms with Gasteiger partial charge in [-0.25, -0.2) is 35.1 Å². The van der Waals surface area contributed by atoms with Crippen molar-refractivity contribution in [1.82, 2.24) is 9.62 Å². The summed E-state index contributed by atoms with van der Waals surface area (Å²) in [4.78, 5) is 13.8. The molecule has 1 amide bonds. The minimum Gasteiger partial charge on any atom is -0.375 e. The van der Waals surface area contributed by atoms with E-state index in [9.17, 15) is 44.7 Å². The second-order valence-corrected chi connectivity index (χ2v) is 11.5. The van der Waals surface area contributed by atoms with Crippen molar-refractivity contribution in [3.8, 4) is 11.1 Å². The van der Waals surface area contributed by atoms with Crippen LogP contribution in [-0.2, 0) is 21.2 Å². The zero-order valence-electron chi connectivity index (χ0n) is 19.8. The monoisotopic (exact) mass is 568 g/mol. The lowest BCUT2D eigenvalue weighted by Crippen LogP contribution is -2.56. The molecule has 2 fully saturated rings. The topological polar surface area (TPSA) is 86.7 Å². The number of halogens is 7. The van der Waals surface area contributed by atoms with Crippen molar-refractivity contribution < 1.29 is 49.1 Å². The summed E-state index contributed by atoms with van der Waals surface area (Å²) in [5, 5.41) is 10.2. The molecule has 4 rings (SSSR count). The molecule has 2 aromatic rings. The van der Waals surface area contributed by atoms with Crippen LogP contribution in [0, 0.1) is 22.9 Å². The number of carbonyl (C=O) groups excluding carboxylic acids is 1. The van der Waals surface area contributed by atoms with Gasteiger partial charge in [0.15, 0.2) is 0 Å². The first-order valence-corrected chi connectivity index (χ1v) is 13.0. The molecule has 208 valence electrons. The fraction of sp³-hybridized carbons (Fsp3) is 0.458. The number of nitrogens with one attached hydrogen (secondary N) is 1. The first-order valence-electron chi connectivity index (χ1n) is 11.4. The first-order chi connectivity index (χ1) is 17.6. The Balaban J connectivity index is 1.78. The summed E-state index contributed by atoms with van der Waals surface area (Å²) in [6, 6.07) is 3.22. The molecule has 2 aliphatic rings. The highest BCUT2D eigenvalue weighted by Gasteiger charge is 2.63. The molecule has 14 heteroatoms. The minimum absolute atomic E-state index is 0.171. The normalized spacial score (nSPS) is 22.3. The van der Waals surface area contributed by atoms with Crippen LogP contribution in [0.1, 0.15) is 25.3 Å². The van der Waals surface area contributed by atoms with E-state index in [4.69, 9.17) is 0 Å². The number of hydrogen-bond donors (Lipinski definition) is 2. The summed E-state index contributed by atoms with van der Waals surface area (Å²) in [6.45, 7) is 0.221. The van der Waals surface area contributed by atoms with E-state index in [0.29, 0.717) is 13.0 Å². The van der Waals surface area contributed by atoms with E-state index in [0.717, 1.165) is 17.0 Å². The van der Waals surface area contributed by atoms with Gasteiger partial charge in [-0.1, -0.05) is 18.2 Å². The number of aliphatic hydroxyl groups is 1. The second-order valence-electron chi connectivity index (χ2n) is 9.85. The lowest BCUT2D eigenvalue weighted by atomic mass is 9.91. The molecule has 0 radical (unpaired) electrons. The van der Waals surface area contributed by atoms with Crippen LogP contribution in [-0.4, -0.2) is 60.7 Å². The SMILES string of the molecule is C[C@](O)(C(=O)N1CC2(CC2)[C@H](NS(=O)(=O)C(F)F)[C@@H]1Cc1cccc(-c2cc(F)cc(F)c2)c1F)C(F)F. The molecular weight excluding hydrogens is 545 g/mol. The lowest BCUT2D eigenvalue weighted by Gasteiger charge is -2.33. The number of carbonyl (C=O) groups is 1. The number of nitrogens with zero attached hydrogens (tertiary/aromatic N) is 1. The number of sulfonamides is 1. The van der Waals surface area contributed by atoms with E-state index in [1.165, 1.54) is 18.2 Å². The minimum atomic E-state index is -5.22. The lowest BCUT2D eigenvalue weighted by molar-refractivity contribution is -0.166. The van der Waals surface area contributed by atoms with Gasteiger partial charge in [-0.3, -0.25) is 4.79 Å². The maximum absolute atomic E-state index is 15.6. The van der Waals surface area contributed by atoms with Crippen LogP contribution in [0.3, 0.4) is 0 Å². The number of hydrogen-bond acceptors (Lipinski definition) is 4. The molecule has 1 aliphatic heterocycles. The van der Waals surface area contributed by atoms with Crippen molar-refractivity contribution in [2.45, 2.75) is 56.1 Å². The van der Waals surface area contributed by atoms with Crippen molar-refractivity contribution in [3.63, 3.8) is 0 Å². The molecule has 0 aromatic heterocycles. The highest BCUT2D eigenvalue weighted by atomic mass is 32.2. The summed E-state index contributed by atoms with van der Waals surface area (Å²) >= 11 is 0. The second kappa shape index (κ2) is 9.79. The standard InChI is InChI=1S/C24H23F7N2O4S/c1-23(35,20(28)29)21(34)33-11-24(5-6-24)19(32-38(36,37)22(30)31)17(33)9-12-3-2-4-16(18(12)27)13-7-14(25)10-15(26)8-13/h2-4,7-8,10,17,19-20,22,32,35H,5-6,9,11H2,1H3/t17-,19+,23+/m0/s1. The molecule has 1 heterocycles. The van der Waals surface area contributed by atoms with E-state index >= 15 is 4.39 Å². The van der Waals surface area contributed by atoms with Gasteiger partial charge in [-0.05, 0) is 49.4 Å². The predicted octanol–water partition coefficient (Wildman–Crippen LogP) is 3.83. The first kappa shape index (κ1) is 28.3. The molecule has 3 atom stereocenters. The van der Waals surface area contributed by atoms with E-state index in [1.54, 1.807) is 0 Å². The third kappa shape index (κ3) is 5.13. The van der Waals surface area contributed by atoms with Gasteiger partial charge in [-0.2, -0.15) is 8.78 Å². The van der Waals surface area contributed by atoms with Gasteiger partial charge in [0.25, 0.3) is 22.4 Å². The number of alkyl halides is 4. The molecule has 0 bridgehead atoms. The predicted molar refractivity (Wildman–Crippen MR) is 121 cm³/mol. The van der Waals surface area contributed by atoms with Crippen molar-refractivity contribution in [1.29, 1.82) is 0 Å². The largest absolute Gasteiger partial charge is 0.375 e. The molecule has 1 spiro atoms. The number of rotatable bonds is 8. The summed E-state index contributed by atoms with van der Waals surface area (Å²) in [5.74, 6) is -8.28. The van der Waals surface area contributed by atoms with Crippen LogP contribution < -0.4 is 4.72 Å². The smallest absolute Gasteiger partial charge is 0.350 e. The highest BCUT2D eigenvalue weighted by molar-refractivity contribution is 7.89. The Morgan fingerprint density at radius 3 is 2.26 bits per heavy atom. The van der Waals surface area contributed by atoms with Gasteiger partial charge in [0.05, 0.1) is 6.04 Å². The summed E-state index contributed by atoms with van der Waals surface area (Å²) in [5.41, 5.74) is -4.90. The third-order valence-electron chi connectivity index (χ3n) is 7.15. The Bertz CT molecular complexity index is 1330. The van der Waals surface area contributed by atoms with E-state index in [1.807, 2.05) is 4.72 Å². The molecule has 6 nitrogen and oxygen atoms in total.